The Morgan fingerprint density at radius 3 is 2.56 bits per heavy atom. The van der Waals surface area contributed by atoms with E-state index in [4.69, 9.17) is 4.98 Å². The van der Waals surface area contributed by atoms with Crippen LogP contribution < -0.4 is 0 Å². The van der Waals surface area contributed by atoms with Crippen molar-refractivity contribution in [2.24, 2.45) is 0 Å². The van der Waals surface area contributed by atoms with Gasteiger partial charge in [0.05, 0.1) is 10.7 Å². The molecule has 1 aromatic heterocycles. The van der Waals surface area contributed by atoms with Gasteiger partial charge in [-0.1, -0.05) is 43.7 Å². The van der Waals surface area contributed by atoms with Crippen molar-refractivity contribution in [3.63, 3.8) is 0 Å². The fourth-order valence-electron chi connectivity index (χ4n) is 2.00. The van der Waals surface area contributed by atoms with Gasteiger partial charge in [0.2, 0.25) is 0 Å². The molecule has 0 saturated heterocycles. The maximum Gasteiger partial charge on any atom is 0.0934 e. The highest BCUT2D eigenvalue weighted by atomic mass is 32.1. The molecule has 0 amide bonds. The van der Waals surface area contributed by atoms with E-state index in [0.29, 0.717) is 0 Å². The average molecular weight is 277 g/mol. The molecule has 3 heteroatoms. The Morgan fingerprint density at radius 1 is 1.11 bits per heavy atom. The molecule has 0 aliphatic carbocycles. The van der Waals surface area contributed by atoms with Crippen molar-refractivity contribution in [2.45, 2.75) is 38.4 Å². The number of hydrogen-bond donors (Lipinski definition) is 1. The Hall–Kier alpha value is -0.800. The normalized spacial score (nSPS) is 10.8. The fourth-order valence-corrected chi connectivity index (χ4v) is 3.35. The summed E-state index contributed by atoms with van der Waals surface area (Å²) in [5, 5.41) is 1.26. The Labute approximate surface area is 119 Å². The van der Waals surface area contributed by atoms with Crippen LogP contribution in [0.15, 0.2) is 30.3 Å². The summed E-state index contributed by atoms with van der Waals surface area (Å²) in [4.78, 5) is 6.11. The highest BCUT2D eigenvalue weighted by molar-refractivity contribution is 7.79. The minimum atomic E-state index is 0.818. The summed E-state index contributed by atoms with van der Waals surface area (Å²) in [5.74, 6) is 0.818. The number of aryl methyl sites for hydroxylation is 3. The molecular weight excluding hydrogens is 258 g/mol. The van der Waals surface area contributed by atoms with Gasteiger partial charge in [-0.15, -0.1) is 11.3 Å². The zero-order valence-corrected chi connectivity index (χ0v) is 12.4. The van der Waals surface area contributed by atoms with Crippen LogP contribution in [-0.4, -0.2) is 4.98 Å². The molecule has 0 fully saturated rings. The Morgan fingerprint density at radius 2 is 1.89 bits per heavy atom. The first-order valence-corrected chi connectivity index (χ1v) is 7.90. The number of hydrogen-bond acceptors (Lipinski definition) is 3. The number of benzene rings is 1. The summed E-state index contributed by atoms with van der Waals surface area (Å²) in [5.41, 5.74) is 2.65. The molecule has 2 rings (SSSR count). The van der Waals surface area contributed by atoms with E-state index < -0.39 is 0 Å². The summed E-state index contributed by atoms with van der Waals surface area (Å²) in [6.45, 7) is 2.20. The minimum absolute atomic E-state index is 0.818. The van der Waals surface area contributed by atoms with E-state index in [9.17, 15) is 0 Å². The van der Waals surface area contributed by atoms with Crippen LogP contribution in [0.25, 0.3) is 0 Å². The van der Waals surface area contributed by atoms with Crippen LogP contribution in [0, 0.1) is 0 Å². The zero-order chi connectivity index (χ0) is 12.8. The van der Waals surface area contributed by atoms with Crippen molar-refractivity contribution in [2.75, 3.05) is 0 Å². The van der Waals surface area contributed by atoms with Crippen LogP contribution in [0.2, 0.25) is 0 Å². The predicted octanol–water partition coefficient (Wildman–Crippen LogP) is 4.31. The molecule has 2 aromatic rings. The average Bonchev–Trinajstić information content (AvgIpc) is 2.80. The van der Waals surface area contributed by atoms with Crippen LogP contribution >= 0.6 is 24.0 Å². The van der Waals surface area contributed by atoms with Gasteiger partial charge in [-0.2, -0.15) is 12.6 Å². The van der Waals surface area contributed by atoms with E-state index in [1.54, 1.807) is 0 Å². The quantitative estimate of drug-likeness (QED) is 0.776. The van der Waals surface area contributed by atoms with Gasteiger partial charge in [-0.25, -0.2) is 4.98 Å². The van der Waals surface area contributed by atoms with Crippen molar-refractivity contribution < 1.29 is 0 Å². The Balaban J connectivity index is 2.01. The Kier molecular flexibility index (Phi) is 5.26. The maximum atomic E-state index is 4.76. The summed E-state index contributed by atoms with van der Waals surface area (Å²) in [6, 6.07) is 10.6. The summed E-state index contributed by atoms with van der Waals surface area (Å²) >= 11 is 6.23. The molecule has 0 N–H and O–H groups in total. The maximum absolute atomic E-state index is 4.76. The molecule has 96 valence electrons. The van der Waals surface area contributed by atoms with E-state index in [1.807, 2.05) is 11.3 Å². The summed E-state index contributed by atoms with van der Waals surface area (Å²) < 4.78 is 0. The van der Waals surface area contributed by atoms with Gasteiger partial charge in [-0.3, -0.25) is 0 Å². The lowest BCUT2D eigenvalue weighted by Crippen LogP contribution is -1.92. The van der Waals surface area contributed by atoms with Crippen molar-refractivity contribution in [1.29, 1.82) is 0 Å². The molecule has 0 bridgehead atoms. The van der Waals surface area contributed by atoms with Crippen LogP contribution in [0.4, 0.5) is 0 Å². The standard InChI is InChI=1S/C15H19NS2/c1-2-6-13-14(11-17)18-15(16-13)10-9-12-7-4-3-5-8-12/h3-5,7-8,17H,2,6,9-11H2,1H3. The van der Waals surface area contributed by atoms with Crippen LogP contribution in [-0.2, 0) is 25.0 Å². The second-order valence-electron chi connectivity index (χ2n) is 4.37. The lowest BCUT2D eigenvalue weighted by atomic mass is 10.1. The van der Waals surface area contributed by atoms with Gasteiger partial charge in [-0.05, 0) is 18.4 Å². The smallest absolute Gasteiger partial charge is 0.0934 e. The van der Waals surface area contributed by atoms with Gasteiger partial charge in [0.15, 0.2) is 0 Å². The summed E-state index contributed by atoms with van der Waals surface area (Å²) in [6.07, 6.45) is 4.35. The molecule has 18 heavy (non-hydrogen) atoms. The molecule has 0 saturated carbocycles. The molecule has 0 radical (unpaired) electrons. The highest BCUT2D eigenvalue weighted by Crippen LogP contribution is 2.23. The third-order valence-corrected chi connectivity index (χ3v) is 4.61. The Bertz CT molecular complexity index is 476. The SMILES string of the molecule is CCCc1nc(CCc2ccccc2)sc1CS. The molecule has 0 aliphatic rings. The number of rotatable bonds is 6. The molecule has 1 aromatic carbocycles. The topological polar surface area (TPSA) is 12.9 Å². The van der Waals surface area contributed by atoms with E-state index in [2.05, 4.69) is 49.9 Å². The molecule has 1 heterocycles. The van der Waals surface area contributed by atoms with E-state index >= 15 is 0 Å². The lowest BCUT2D eigenvalue weighted by molar-refractivity contribution is 0.860. The molecule has 0 aliphatic heterocycles. The first-order chi connectivity index (χ1) is 8.83. The molecule has 1 nitrogen and oxygen atoms in total. The second-order valence-corrected chi connectivity index (χ2v) is 5.86. The predicted molar refractivity (Wildman–Crippen MR) is 82.6 cm³/mol. The fraction of sp³-hybridized carbons (Fsp3) is 0.400. The number of thiol groups is 1. The second kappa shape index (κ2) is 6.95. The van der Waals surface area contributed by atoms with Crippen molar-refractivity contribution >= 4 is 24.0 Å². The minimum Gasteiger partial charge on any atom is -0.246 e. The third kappa shape index (κ3) is 3.59. The lowest BCUT2D eigenvalue weighted by Gasteiger charge is -1.97. The van der Waals surface area contributed by atoms with E-state index in [1.165, 1.54) is 21.1 Å². The first kappa shape index (κ1) is 13.6. The third-order valence-electron chi connectivity index (χ3n) is 2.92. The molecule has 0 atom stereocenters. The van der Waals surface area contributed by atoms with E-state index in [0.717, 1.165) is 31.4 Å². The molecule has 0 spiro atoms. The number of thiazole rings is 1. The van der Waals surface area contributed by atoms with Crippen LogP contribution in [0.5, 0.6) is 0 Å². The van der Waals surface area contributed by atoms with Crippen molar-refractivity contribution in [3.05, 3.63) is 51.5 Å². The number of aromatic nitrogens is 1. The van der Waals surface area contributed by atoms with Crippen LogP contribution in [0.3, 0.4) is 0 Å². The van der Waals surface area contributed by atoms with Gasteiger partial charge in [0, 0.05) is 17.1 Å². The van der Waals surface area contributed by atoms with Gasteiger partial charge < -0.3 is 0 Å². The molecular formula is C15H19NS2. The number of nitrogens with zero attached hydrogens (tertiary/aromatic N) is 1. The van der Waals surface area contributed by atoms with Crippen molar-refractivity contribution in [3.8, 4) is 0 Å². The zero-order valence-electron chi connectivity index (χ0n) is 10.7. The van der Waals surface area contributed by atoms with Crippen LogP contribution in [0.1, 0.15) is 34.5 Å². The van der Waals surface area contributed by atoms with Gasteiger partial charge >= 0.3 is 0 Å². The summed E-state index contributed by atoms with van der Waals surface area (Å²) in [7, 11) is 0. The van der Waals surface area contributed by atoms with Gasteiger partial charge in [0.25, 0.3) is 0 Å². The largest absolute Gasteiger partial charge is 0.246 e. The molecule has 0 unspecified atom stereocenters. The van der Waals surface area contributed by atoms with E-state index in [-0.39, 0.29) is 0 Å². The highest BCUT2D eigenvalue weighted by Gasteiger charge is 2.09. The van der Waals surface area contributed by atoms with Crippen molar-refractivity contribution in [1.82, 2.24) is 4.98 Å². The van der Waals surface area contributed by atoms with Gasteiger partial charge in [0.1, 0.15) is 0 Å². The monoisotopic (exact) mass is 277 g/mol. The first-order valence-electron chi connectivity index (χ1n) is 6.45.